The predicted octanol–water partition coefficient (Wildman–Crippen LogP) is -0.324. The maximum Gasteiger partial charge on any atom is 0.331 e. The number of esters is 2. The fourth-order valence-electron chi connectivity index (χ4n) is 0.957. The fraction of sp³-hybridized carbons (Fsp3) is 0.600. The van der Waals surface area contributed by atoms with E-state index >= 15 is 0 Å². The SMILES string of the molecule is O=C1/C=C\C(=O)OCCOCCOCCO1. The quantitative estimate of drug-likeness (QED) is 0.531. The first-order valence-electron chi connectivity index (χ1n) is 4.96. The zero-order chi connectivity index (χ0) is 11.6. The van der Waals surface area contributed by atoms with E-state index < -0.39 is 11.9 Å². The van der Waals surface area contributed by atoms with Crippen molar-refractivity contribution in [1.82, 2.24) is 0 Å². The van der Waals surface area contributed by atoms with Gasteiger partial charge in [-0.05, 0) is 0 Å². The molecule has 90 valence electrons. The van der Waals surface area contributed by atoms with Crippen LogP contribution in [0.1, 0.15) is 0 Å². The molecule has 0 unspecified atom stereocenters. The number of rotatable bonds is 0. The number of ether oxygens (including phenoxy) is 4. The highest BCUT2D eigenvalue weighted by Gasteiger charge is 2.02. The molecule has 0 aliphatic carbocycles. The van der Waals surface area contributed by atoms with Gasteiger partial charge in [0.1, 0.15) is 13.2 Å². The molecule has 1 aliphatic rings. The van der Waals surface area contributed by atoms with E-state index in [4.69, 9.17) is 18.9 Å². The predicted molar refractivity (Wildman–Crippen MR) is 52.7 cm³/mol. The summed E-state index contributed by atoms with van der Waals surface area (Å²) in [6, 6.07) is 0. The van der Waals surface area contributed by atoms with Crippen LogP contribution in [0.2, 0.25) is 0 Å². The molecule has 0 aromatic rings. The summed E-state index contributed by atoms with van der Waals surface area (Å²) in [4.78, 5) is 22.0. The van der Waals surface area contributed by atoms with E-state index in [-0.39, 0.29) is 13.2 Å². The van der Waals surface area contributed by atoms with Crippen molar-refractivity contribution < 1.29 is 28.5 Å². The molecule has 0 atom stereocenters. The van der Waals surface area contributed by atoms with E-state index in [0.29, 0.717) is 26.4 Å². The molecule has 1 heterocycles. The molecule has 0 aromatic heterocycles. The van der Waals surface area contributed by atoms with Crippen LogP contribution in [0, 0.1) is 0 Å². The van der Waals surface area contributed by atoms with Gasteiger partial charge in [0, 0.05) is 12.2 Å². The molecule has 0 aromatic carbocycles. The summed E-state index contributed by atoms with van der Waals surface area (Å²) in [7, 11) is 0. The molecular formula is C10H14O6. The smallest absolute Gasteiger partial charge is 0.331 e. The van der Waals surface area contributed by atoms with Crippen molar-refractivity contribution in [3.05, 3.63) is 12.2 Å². The van der Waals surface area contributed by atoms with Gasteiger partial charge in [-0.1, -0.05) is 0 Å². The molecule has 0 N–H and O–H groups in total. The number of cyclic esters (lactones) is 2. The van der Waals surface area contributed by atoms with Crippen molar-refractivity contribution in [3.8, 4) is 0 Å². The third kappa shape index (κ3) is 6.15. The molecule has 0 fully saturated rings. The fourth-order valence-corrected chi connectivity index (χ4v) is 0.957. The molecule has 16 heavy (non-hydrogen) atoms. The molecule has 6 heteroatoms. The van der Waals surface area contributed by atoms with E-state index in [2.05, 4.69) is 0 Å². The average Bonchev–Trinajstić information content (AvgIpc) is 2.28. The Bertz CT molecular complexity index is 234. The number of hydrogen-bond donors (Lipinski definition) is 0. The lowest BCUT2D eigenvalue weighted by Crippen LogP contribution is -2.15. The summed E-state index contributed by atoms with van der Waals surface area (Å²) >= 11 is 0. The maximum absolute atomic E-state index is 11.0. The number of carbonyl (C=O) groups excluding carboxylic acids is 2. The monoisotopic (exact) mass is 230 g/mol. The second-order valence-electron chi connectivity index (χ2n) is 2.89. The first kappa shape index (κ1) is 12.7. The van der Waals surface area contributed by atoms with Gasteiger partial charge in [-0.2, -0.15) is 0 Å². The molecule has 0 saturated heterocycles. The Hall–Kier alpha value is -1.40. The van der Waals surface area contributed by atoms with Crippen LogP contribution in [-0.4, -0.2) is 51.6 Å². The molecule has 0 bridgehead atoms. The highest BCUT2D eigenvalue weighted by atomic mass is 16.6. The second-order valence-corrected chi connectivity index (χ2v) is 2.89. The van der Waals surface area contributed by atoms with Crippen LogP contribution >= 0.6 is 0 Å². The molecule has 0 saturated carbocycles. The Morgan fingerprint density at radius 2 is 1.06 bits per heavy atom. The van der Waals surface area contributed by atoms with Gasteiger partial charge in [0.15, 0.2) is 0 Å². The first-order chi connectivity index (χ1) is 7.79. The topological polar surface area (TPSA) is 71.1 Å². The normalized spacial score (nSPS) is 22.8. The van der Waals surface area contributed by atoms with Crippen LogP contribution in [-0.2, 0) is 28.5 Å². The first-order valence-corrected chi connectivity index (χ1v) is 4.96. The van der Waals surface area contributed by atoms with Crippen LogP contribution in [0.15, 0.2) is 12.2 Å². The minimum Gasteiger partial charge on any atom is -0.460 e. The standard InChI is InChI=1S/C10H14O6/c11-9-1-2-10(12)16-8-6-14-4-3-13-5-7-15-9/h1-2H,3-8H2/b2-1-. The van der Waals surface area contributed by atoms with Crippen molar-refractivity contribution in [1.29, 1.82) is 0 Å². The van der Waals surface area contributed by atoms with E-state index in [0.717, 1.165) is 12.2 Å². The van der Waals surface area contributed by atoms with Crippen LogP contribution in [0.5, 0.6) is 0 Å². The Kier molecular flexibility index (Phi) is 6.20. The Morgan fingerprint density at radius 1 is 0.688 bits per heavy atom. The van der Waals surface area contributed by atoms with Crippen LogP contribution in [0.4, 0.5) is 0 Å². The van der Waals surface area contributed by atoms with Gasteiger partial charge in [0.2, 0.25) is 0 Å². The van der Waals surface area contributed by atoms with Gasteiger partial charge >= 0.3 is 11.9 Å². The lowest BCUT2D eigenvalue weighted by molar-refractivity contribution is -0.142. The minimum atomic E-state index is -0.589. The Morgan fingerprint density at radius 3 is 1.50 bits per heavy atom. The van der Waals surface area contributed by atoms with E-state index in [9.17, 15) is 9.59 Å². The Balaban J connectivity index is 2.37. The molecule has 0 spiro atoms. The largest absolute Gasteiger partial charge is 0.460 e. The summed E-state index contributed by atoms with van der Waals surface area (Å²) in [5.74, 6) is -1.18. The number of carbonyl (C=O) groups is 2. The highest BCUT2D eigenvalue weighted by Crippen LogP contribution is 1.89. The molecule has 0 radical (unpaired) electrons. The van der Waals surface area contributed by atoms with Gasteiger partial charge in [0.25, 0.3) is 0 Å². The third-order valence-corrected chi connectivity index (χ3v) is 1.67. The van der Waals surface area contributed by atoms with Gasteiger partial charge in [-0.3, -0.25) is 0 Å². The summed E-state index contributed by atoms with van der Waals surface area (Å²) in [5, 5.41) is 0. The van der Waals surface area contributed by atoms with Gasteiger partial charge < -0.3 is 18.9 Å². The van der Waals surface area contributed by atoms with Crippen LogP contribution in [0.25, 0.3) is 0 Å². The molecule has 1 rings (SSSR count). The zero-order valence-corrected chi connectivity index (χ0v) is 8.85. The van der Waals surface area contributed by atoms with Gasteiger partial charge in [0.05, 0.1) is 26.4 Å². The molecular weight excluding hydrogens is 216 g/mol. The minimum absolute atomic E-state index is 0.151. The van der Waals surface area contributed by atoms with Crippen LogP contribution in [0.3, 0.4) is 0 Å². The van der Waals surface area contributed by atoms with Crippen LogP contribution < -0.4 is 0 Å². The average molecular weight is 230 g/mol. The van der Waals surface area contributed by atoms with Gasteiger partial charge in [-0.25, -0.2) is 9.59 Å². The molecule has 0 amide bonds. The van der Waals surface area contributed by atoms with Crippen molar-refractivity contribution in [3.63, 3.8) is 0 Å². The second kappa shape index (κ2) is 7.84. The summed E-state index contributed by atoms with van der Waals surface area (Å²) in [5.41, 5.74) is 0. The number of hydrogen-bond acceptors (Lipinski definition) is 6. The lowest BCUT2D eigenvalue weighted by Gasteiger charge is -2.07. The van der Waals surface area contributed by atoms with Gasteiger partial charge in [-0.15, -0.1) is 0 Å². The summed E-state index contributed by atoms with van der Waals surface area (Å²) in [6.45, 7) is 1.76. The highest BCUT2D eigenvalue weighted by molar-refractivity contribution is 5.91. The zero-order valence-electron chi connectivity index (χ0n) is 8.85. The van der Waals surface area contributed by atoms with E-state index in [1.807, 2.05) is 0 Å². The van der Waals surface area contributed by atoms with E-state index in [1.54, 1.807) is 0 Å². The lowest BCUT2D eigenvalue weighted by atomic mass is 10.5. The Labute approximate surface area is 93.1 Å². The third-order valence-electron chi connectivity index (χ3n) is 1.67. The summed E-state index contributed by atoms with van der Waals surface area (Å²) < 4.78 is 19.7. The molecule has 6 nitrogen and oxygen atoms in total. The van der Waals surface area contributed by atoms with Crippen molar-refractivity contribution >= 4 is 11.9 Å². The van der Waals surface area contributed by atoms with E-state index in [1.165, 1.54) is 0 Å². The van der Waals surface area contributed by atoms with Crippen molar-refractivity contribution in [2.75, 3.05) is 39.6 Å². The molecule has 1 aliphatic heterocycles. The summed E-state index contributed by atoms with van der Waals surface area (Å²) in [6.07, 6.45) is 2.05. The van der Waals surface area contributed by atoms with Crippen molar-refractivity contribution in [2.45, 2.75) is 0 Å². The maximum atomic E-state index is 11.0. The van der Waals surface area contributed by atoms with Crippen molar-refractivity contribution in [2.24, 2.45) is 0 Å².